The van der Waals surface area contributed by atoms with Crippen LogP contribution in [0.5, 0.6) is 5.75 Å². The van der Waals surface area contributed by atoms with Gasteiger partial charge in [0.1, 0.15) is 6.61 Å². The van der Waals surface area contributed by atoms with Gasteiger partial charge in [-0.25, -0.2) is 4.39 Å². The van der Waals surface area contributed by atoms with Crippen molar-refractivity contribution in [3.05, 3.63) is 76.9 Å². The molecule has 4 nitrogen and oxygen atoms in total. The molecule has 154 valence electrons. The summed E-state index contributed by atoms with van der Waals surface area (Å²) in [7, 11) is 0. The number of rotatable bonds is 6. The van der Waals surface area contributed by atoms with Gasteiger partial charge < -0.3 is 15.4 Å². The lowest BCUT2D eigenvalue weighted by atomic mass is 9.95. The maximum absolute atomic E-state index is 14.6. The van der Waals surface area contributed by atoms with Crippen LogP contribution in [0, 0.1) is 5.82 Å². The highest BCUT2D eigenvalue weighted by atomic mass is 32.1. The lowest BCUT2D eigenvalue weighted by molar-refractivity contribution is 0.0935. The third kappa shape index (κ3) is 3.98. The van der Waals surface area contributed by atoms with E-state index in [0.717, 1.165) is 28.8 Å². The Morgan fingerprint density at radius 1 is 1.13 bits per heavy atom. The van der Waals surface area contributed by atoms with Gasteiger partial charge in [0.2, 0.25) is 0 Å². The number of ether oxygens (including phenoxy) is 1. The highest BCUT2D eigenvalue weighted by Gasteiger charge is 2.39. The van der Waals surface area contributed by atoms with Crippen LogP contribution in [0.2, 0.25) is 0 Å². The molecule has 3 heterocycles. The first-order chi connectivity index (χ1) is 14.7. The summed E-state index contributed by atoms with van der Waals surface area (Å²) < 4.78 is 20.2. The summed E-state index contributed by atoms with van der Waals surface area (Å²) in [6.45, 7) is 0.318. The first-order valence-electron chi connectivity index (χ1n) is 10.3. The van der Waals surface area contributed by atoms with Crippen LogP contribution in [0.25, 0.3) is 10.4 Å². The van der Waals surface area contributed by atoms with Gasteiger partial charge in [-0.2, -0.15) is 0 Å². The monoisotopic (exact) mass is 422 g/mol. The van der Waals surface area contributed by atoms with E-state index in [4.69, 9.17) is 4.74 Å². The number of halogens is 1. The molecule has 5 rings (SSSR count). The van der Waals surface area contributed by atoms with Gasteiger partial charge in [0.05, 0.1) is 4.88 Å². The van der Waals surface area contributed by atoms with E-state index in [0.29, 0.717) is 23.6 Å². The number of carbonyl (C=O) groups excluding carboxylic acids is 1. The van der Waals surface area contributed by atoms with Crippen LogP contribution in [0.4, 0.5) is 4.39 Å². The first kappa shape index (κ1) is 19.3. The van der Waals surface area contributed by atoms with Gasteiger partial charge in [-0.05, 0) is 60.7 Å². The number of hydrogen-bond donors (Lipinski definition) is 2. The van der Waals surface area contributed by atoms with Gasteiger partial charge in [-0.1, -0.05) is 30.3 Å². The van der Waals surface area contributed by atoms with Crippen LogP contribution >= 0.6 is 11.3 Å². The zero-order valence-corrected chi connectivity index (χ0v) is 17.3. The molecule has 2 aromatic carbocycles. The Balaban J connectivity index is 1.24. The van der Waals surface area contributed by atoms with E-state index in [1.54, 1.807) is 6.07 Å². The molecule has 30 heavy (non-hydrogen) atoms. The molecule has 3 aromatic rings. The van der Waals surface area contributed by atoms with E-state index in [1.807, 2.05) is 48.5 Å². The molecule has 2 bridgehead atoms. The summed E-state index contributed by atoms with van der Waals surface area (Å²) in [4.78, 5) is 14.2. The lowest BCUT2D eigenvalue weighted by Crippen LogP contribution is -2.42. The van der Waals surface area contributed by atoms with Gasteiger partial charge in [0.25, 0.3) is 5.91 Å². The van der Waals surface area contributed by atoms with E-state index in [2.05, 4.69) is 10.6 Å². The molecule has 6 heteroatoms. The third-order valence-corrected chi connectivity index (χ3v) is 7.03. The van der Waals surface area contributed by atoms with E-state index in [9.17, 15) is 9.18 Å². The average Bonchev–Trinajstić information content (AvgIpc) is 3.51. The quantitative estimate of drug-likeness (QED) is 0.602. The normalized spacial score (nSPS) is 22.2. The van der Waals surface area contributed by atoms with Crippen LogP contribution in [-0.2, 0) is 6.61 Å². The molecular formula is C24H23FN2O2S. The molecular weight excluding hydrogens is 399 g/mol. The van der Waals surface area contributed by atoms with Gasteiger partial charge in [-0.15, -0.1) is 11.3 Å². The lowest BCUT2D eigenvalue weighted by Gasteiger charge is -2.20. The van der Waals surface area contributed by atoms with Gasteiger partial charge in [0.15, 0.2) is 11.6 Å². The van der Waals surface area contributed by atoms with Crippen LogP contribution in [0.3, 0.4) is 0 Å². The van der Waals surface area contributed by atoms with Gasteiger partial charge in [-0.3, -0.25) is 4.79 Å². The summed E-state index contributed by atoms with van der Waals surface area (Å²) in [6, 6.07) is 19.5. The van der Waals surface area contributed by atoms with Gasteiger partial charge in [0, 0.05) is 23.0 Å². The van der Waals surface area contributed by atoms with Crippen molar-refractivity contribution >= 4 is 17.2 Å². The summed E-state index contributed by atoms with van der Waals surface area (Å²) in [5.41, 5.74) is 1.73. The molecule has 2 N–H and O–H groups in total. The summed E-state index contributed by atoms with van der Waals surface area (Å²) >= 11 is 1.38. The standard InChI is InChI=1S/C24H23FN2O2S/c25-18-12-16(6-9-21(18)29-14-15-4-2-1-3-5-15)22-10-11-23(30-22)24(28)27-20-13-17-7-8-19(20)26-17/h1-6,9-12,17,19-20,26H,7-8,13-14H2,(H,27,28). The molecule has 2 aliphatic heterocycles. The predicted molar refractivity (Wildman–Crippen MR) is 116 cm³/mol. The van der Waals surface area contributed by atoms with Crippen molar-refractivity contribution in [2.45, 2.75) is 44.0 Å². The van der Waals surface area contributed by atoms with Crippen LogP contribution < -0.4 is 15.4 Å². The number of thiophene rings is 1. The fraction of sp³-hybridized carbons (Fsp3) is 0.292. The molecule has 2 saturated heterocycles. The van der Waals surface area contributed by atoms with E-state index < -0.39 is 5.82 Å². The maximum Gasteiger partial charge on any atom is 0.261 e. The summed E-state index contributed by atoms with van der Waals surface area (Å²) in [5.74, 6) is -0.231. The Labute approximate surface area is 179 Å². The second-order valence-corrected chi connectivity index (χ2v) is 9.03. The number of fused-ring (bicyclic) bond motifs is 2. The number of carbonyl (C=O) groups is 1. The SMILES string of the molecule is O=C(NC1CC2CCC1N2)c1ccc(-c2ccc(OCc3ccccc3)c(F)c2)s1. The molecule has 0 spiro atoms. The van der Waals surface area contributed by atoms with Crippen molar-refractivity contribution < 1.29 is 13.9 Å². The number of hydrogen-bond acceptors (Lipinski definition) is 4. The van der Waals surface area contributed by atoms with E-state index in [1.165, 1.54) is 23.8 Å². The minimum atomic E-state index is -0.407. The zero-order chi connectivity index (χ0) is 20.5. The molecule has 2 fully saturated rings. The molecule has 0 saturated carbocycles. The average molecular weight is 423 g/mol. The maximum atomic E-state index is 14.6. The zero-order valence-electron chi connectivity index (χ0n) is 16.4. The topological polar surface area (TPSA) is 50.4 Å². The molecule has 3 unspecified atom stereocenters. The largest absolute Gasteiger partial charge is 0.486 e. The summed E-state index contributed by atoms with van der Waals surface area (Å²) in [5, 5.41) is 6.69. The van der Waals surface area contributed by atoms with Crippen molar-refractivity contribution in [2.75, 3.05) is 0 Å². The second kappa shape index (κ2) is 8.20. The fourth-order valence-electron chi connectivity index (χ4n) is 4.34. The number of benzene rings is 2. The Hall–Kier alpha value is -2.70. The Kier molecular flexibility index (Phi) is 5.27. The fourth-order valence-corrected chi connectivity index (χ4v) is 5.25. The summed E-state index contributed by atoms with van der Waals surface area (Å²) in [6.07, 6.45) is 3.34. The molecule has 1 aromatic heterocycles. The van der Waals surface area contributed by atoms with Crippen molar-refractivity contribution in [3.63, 3.8) is 0 Å². The molecule has 1 amide bonds. The van der Waals surface area contributed by atoms with E-state index >= 15 is 0 Å². The molecule has 0 radical (unpaired) electrons. The highest BCUT2D eigenvalue weighted by molar-refractivity contribution is 7.17. The number of amides is 1. The van der Waals surface area contributed by atoms with Crippen molar-refractivity contribution in [1.29, 1.82) is 0 Å². The Morgan fingerprint density at radius 2 is 2.00 bits per heavy atom. The molecule has 2 aliphatic rings. The van der Waals surface area contributed by atoms with Crippen LogP contribution in [0.1, 0.15) is 34.5 Å². The van der Waals surface area contributed by atoms with Crippen molar-refractivity contribution in [1.82, 2.24) is 10.6 Å². The van der Waals surface area contributed by atoms with Gasteiger partial charge >= 0.3 is 0 Å². The van der Waals surface area contributed by atoms with E-state index in [-0.39, 0.29) is 17.7 Å². The van der Waals surface area contributed by atoms with Crippen molar-refractivity contribution in [3.8, 4) is 16.2 Å². The van der Waals surface area contributed by atoms with Crippen LogP contribution in [0.15, 0.2) is 60.7 Å². The third-order valence-electron chi connectivity index (χ3n) is 5.90. The van der Waals surface area contributed by atoms with Crippen molar-refractivity contribution in [2.24, 2.45) is 0 Å². The molecule has 3 atom stereocenters. The minimum absolute atomic E-state index is 0.0473. The first-order valence-corrected chi connectivity index (χ1v) is 11.1. The highest BCUT2D eigenvalue weighted by Crippen LogP contribution is 2.32. The predicted octanol–water partition coefficient (Wildman–Crippen LogP) is 4.76. The minimum Gasteiger partial charge on any atom is -0.486 e. The Bertz CT molecular complexity index is 1050. The second-order valence-electron chi connectivity index (χ2n) is 7.95. The number of nitrogens with one attached hydrogen (secondary N) is 2. The smallest absolute Gasteiger partial charge is 0.261 e. The Morgan fingerprint density at radius 3 is 2.73 bits per heavy atom. The molecule has 0 aliphatic carbocycles. The van der Waals surface area contributed by atoms with Crippen LogP contribution in [-0.4, -0.2) is 24.0 Å².